The fourth-order valence-corrected chi connectivity index (χ4v) is 1.65. The first kappa shape index (κ1) is 14.8. The number of aromatic nitrogens is 3. The van der Waals surface area contributed by atoms with E-state index in [1.807, 2.05) is 0 Å². The molecular weight excluding hydrogens is 268 g/mol. The third-order valence-electron chi connectivity index (χ3n) is 2.67. The fraction of sp³-hybridized carbons (Fsp3) is 0.267. The van der Waals surface area contributed by atoms with Gasteiger partial charge in [0.2, 0.25) is 0 Å². The zero-order valence-electron chi connectivity index (χ0n) is 11.7. The lowest BCUT2D eigenvalue weighted by molar-refractivity contribution is 0.0950. The van der Waals surface area contributed by atoms with Crippen molar-refractivity contribution in [3.8, 4) is 11.8 Å². The van der Waals surface area contributed by atoms with E-state index in [1.165, 1.54) is 0 Å². The van der Waals surface area contributed by atoms with Crippen molar-refractivity contribution in [2.45, 2.75) is 13.0 Å². The number of aliphatic hydroxyl groups is 1. The highest BCUT2D eigenvalue weighted by Gasteiger charge is 2.06. The number of amides is 1. The molecule has 0 saturated heterocycles. The number of carbonyl (C=O) groups is 1. The van der Waals surface area contributed by atoms with Crippen LogP contribution in [-0.2, 0) is 13.6 Å². The largest absolute Gasteiger partial charge is 0.395 e. The van der Waals surface area contributed by atoms with Crippen LogP contribution in [0.3, 0.4) is 0 Å². The predicted molar refractivity (Wildman–Crippen MR) is 77.2 cm³/mol. The fourth-order valence-electron chi connectivity index (χ4n) is 1.65. The van der Waals surface area contributed by atoms with Gasteiger partial charge in [0.25, 0.3) is 5.91 Å². The van der Waals surface area contributed by atoms with Crippen molar-refractivity contribution in [3.05, 3.63) is 47.5 Å². The van der Waals surface area contributed by atoms with Crippen LogP contribution in [-0.4, -0.2) is 32.4 Å². The van der Waals surface area contributed by atoms with Crippen LogP contribution in [0.15, 0.2) is 30.6 Å². The first-order valence-corrected chi connectivity index (χ1v) is 6.51. The summed E-state index contributed by atoms with van der Waals surface area (Å²) in [6, 6.07) is 6.98. The van der Waals surface area contributed by atoms with Crippen LogP contribution in [0.2, 0.25) is 0 Å². The molecule has 1 heterocycles. The number of benzene rings is 1. The quantitative estimate of drug-likeness (QED) is 0.800. The zero-order chi connectivity index (χ0) is 15.1. The molecule has 2 aromatic rings. The molecule has 1 amide bonds. The van der Waals surface area contributed by atoms with Gasteiger partial charge in [-0.15, -0.1) is 0 Å². The van der Waals surface area contributed by atoms with Crippen molar-refractivity contribution in [2.75, 3.05) is 6.61 Å². The molecule has 0 fully saturated rings. The molecule has 1 aromatic carbocycles. The molecule has 2 rings (SSSR count). The van der Waals surface area contributed by atoms with Crippen LogP contribution < -0.4 is 5.32 Å². The Hall–Kier alpha value is -2.65. The van der Waals surface area contributed by atoms with E-state index < -0.39 is 0 Å². The second-order valence-corrected chi connectivity index (χ2v) is 4.37. The van der Waals surface area contributed by atoms with Gasteiger partial charge in [-0.2, -0.15) is 5.10 Å². The molecule has 0 aliphatic carbocycles. The lowest BCUT2D eigenvalue weighted by atomic mass is 10.1. The van der Waals surface area contributed by atoms with E-state index in [-0.39, 0.29) is 19.1 Å². The highest BCUT2D eigenvalue weighted by Crippen LogP contribution is 2.03. The molecule has 6 heteroatoms. The van der Waals surface area contributed by atoms with Crippen molar-refractivity contribution < 1.29 is 9.90 Å². The monoisotopic (exact) mass is 284 g/mol. The molecule has 0 bridgehead atoms. The predicted octanol–water partition coefficient (Wildman–Crippen LogP) is 0.479. The number of nitrogens with zero attached hydrogens (tertiary/aromatic N) is 3. The molecule has 0 aliphatic rings. The van der Waals surface area contributed by atoms with Crippen molar-refractivity contribution in [2.24, 2.45) is 7.05 Å². The standard InChI is InChI=1S/C15H16N4O2/c1-19-11-17-14(18-19)10-16-15(21)13-7-5-12(6-8-13)4-2-3-9-20/h5-8,11,20H,3,9-10H2,1H3,(H,16,21). The Morgan fingerprint density at radius 1 is 1.38 bits per heavy atom. The molecule has 0 saturated carbocycles. The molecule has 0 unspecified atom stereocenters. The number of aliphatic hydroxyl groups excluding tert-OH is 1. The van der Waals surface area contributed by atoms with Crippen LogP contribution in [0, 0.1) is 11.8 Å². The third-order valence-corrected chi connectivity index (χ3v) is 2.67. The molecule has 0 radical (unpaired) electrons. The van der Waals surface area contributed by atoms with Crippen LogP contribution in [0.4, 0.5) is 0 Å². The molecule has 0 spiro atoms. The Morgan fingerprint density at radius 3 is 2.76 bits per heavy atom. The summed E-state index contributed by atoms with van der Waals surface area (Å²) in [5, 5.41) is 15.5. The third kappa shape index (κ3) is 4.44. The van der Waals surface area contributed by atoms with Gasteiger partial charge in [0.1, 0.15) is 6.33 Å². The first-order valence-electron chi connectivity index (χ1n) is 6.51. The Balaban J connectivity index is 1.92. The van der Waals surface area contributed by atoms with Gasteiger partial charge in [0.15, 0.2) is 5.82 Å². The smallest absolute Gasteiger partial charge is 0.251 e. The second-order valence-electron chi connectivity index (χ2n) is 4.37. The molecular formula is C15H16N4O2. The maximum atomic E-state index is 12.0. The van der Waals surface area contributed by atoms with E-state index in [0.717, 1.165) is 5.56 Å². The number of hydrogen-bond acceptors (Lipinski definition) is 4. The average molecular weight is 284 g/mol. The summed E-state index contributed by atoms with van der Waals surface area (Å²) in [5.74, 6) is 6.12. The van der Waals surface area contributed by atoms with E-state index in [0.29, 0.717) is 17.8 Å². The van der Waals surface area contributed by atoms with Crippen molar-refractivity contribution >= 4 is 5.91 Å². The summed E-state index contributed by atoms with van der Waals surface area (Å²) >= 11 is 0. The number of hydrogen-bond donors (Lipinski definition) is 2. The second kappa shape index (κ2) is 7.22. The highest BCUT2D eigenvalue weighted by molar-refractivity contribution is 5.94. The maximum absolute atomic E-state index is 12.0. The lowest BCUT2D eigenvalue weighted by Gasteiger charge is -2.02. The van der Waals surface area contributed by atoms with Crippen molar-refractivity contribution in [1.82, 2.24) is 20.1 Å². The number of carbonyl (C=O) groups excluding carboxylic acids is 1. The molecule has 1 aromatic heterocycles. The Kier molecular flexibility index (Phi) is 5.07. The van der Waals surface area contributed by atoms with Crippen molar-refractivity contribution in [3.63, 3.8) is 0 Å². The Morgan fingerprint density at radius 2 is 2.14 bits per heavy atom. The summed E-state index contributed by atoms with van der Waals surface area (Å²) in [7, 11) is 1.77. The SMILES string of the molecule is Cn1cnc(CNC(=O)c2ccc(C#CCCO)cc2)n1. The minimum absolute atomic E-state index is 0.0506. The molecule has 21 heavy (non-hydrogen) atoms. The summed E-state index contributed by atoms with van der Waals surface area (Å²) in [6.07, 6.45) is 2.03. The van der Waals surface area contributed by atoms with Gasteiger partial charge >= 0.3 is 0 Å². The van der Waals surface area contributed by atoms with Crippen molar-refractivity contribution in [1.29, 1.82) is 0 Å². The van der Waals surface area contributed by atoms with E-state index in [9.17, 15) is 4.79 Å². The van der Waals surface area contributed by atoms with Crippen LogP contribution in [0.25, 0.3) is 0 Å². The van der Waals surface area contributed by atoms with Gasteiger partial charge in [0, 0.05) is 24.6 Å². The average Bonchev–Trinajstić information content (AvgIpc) is 2.91. The molecule has 108 valence electrons. The van der Waals surface area contributed by atoms with E-state index in [4.69, 9.17) is 5.11 Å². The summed E-state index contributed by atoms with van der Waals surface area (Å²) in [5.41, 5.74) is 1.37. The van der Waals surface area contributed by atoms with Gasteiger partial charge in [0.05, 0.1) is 13.2 Å². The molecule has 0 aliphatic heterocycles. The molecule has 6 nitrogen and oxygen atoms in total. The summed E-state index contributed by atoms with van der Waals surface area (Å²) in [4.78, 5) is 16.0. The number of nitrogens with one attached hydrogen (secondary N) is 1. The normalized spacial score (nSPS) is 9.81. The van der Waals surface area contributed by atoms with Gasteiger partial charge in [-0.3, -0.25) is 9.48 Å². The molecule has 2 N–H and O–H groups in total. The van der Waals surface area contributed by atoms with Crippen LogP contribution >= 0.6 is 0 Å². The van der Waals surface area contributed by atoms with E-state index in [1.54, 1.807) is 42.3 Å². The molecule has 0 atom stereocenters. The van der Waals surface area contributed by atoms with Gasteiger partial charge in [-0.25, -0.2) is 4.98 Å². The van der Waals surface area contributed by atoms with Crippen LogP contribution in [0.5, 0.6) is 0 Å². The van der Waals surface area contributed by atoms with E-state index in [2.05, 4.69) is 27.2 Å². The summed E-state index contributed by atoms with van der Waals surface area (Å²) in [6.45, 7) is 0.340. The van der Waals surface area contributed by atoms with Gasteiger partial charge in [-0.1, -0.05) is 11.8 Å². The zero-order valence-corrected chi connectivity index (χ0v) is 11.7. The highest BCUT2D eigenvalue weighted by atomic mass is 16.2. The minimum atomic E-state index is -0.183. The number of rotatable bonds is 4. The first-order chi connectivity index (χ1) is 10.2. The van der Waals surface area contributed by atoms with Gasteiger partial charge in [-0.05, 0) is 24.3 Å². The maximum Gasteiger partial charge on any atom is 0.251 e. The Labute approximate surface area is 122 Å². The van der Waals surface area contributed by atoms with Gasteiger partial charge < -0.3 is 10.4 Å². The summed E-state index contributed by atoms with van der Waals surface area (Å²) < 4.78 is 1.58. The number of aryl methyl sites for hydroxylation is 1. The minimum Gasteiger partial charge on any atom is -0.395 e. The van der Waals surface area contributed by atoms with Crippen LogP contribution in [0.1, 0.15) is 28.2 Å². The lowest BCUT2D eigenvalue weighted by Crippen LogP contribution is -2.23. The van der Waals surface area contributed by atoms with E-state index >= 15 is 0 Å². The topological polar surface area (TPSA) is 80.0 Å². The Bertz CT molecular complexity index is 665.